The van der Waals surface area contributed by atoms with Gasteiger partial charge in [-0.25, -0.2) is 4.39 Å². The summed E-state index contributed by atoms with van der Waals surface area (Å²) >= 11 is 3.15. The van der Waals surface area contributed by atoms with Gasteiger partial charge in [-0.1, -0.05) is 5.16 Å². The quantitative estimate of drug-likeness (QED) is 0.929. The molecule has 1 saturated carbocycles. The molecule has 0 atom stereocenters. The highest BCUT2D eigenvalue weighted by molar-refractivity contribution is 9.10. The summed E-state index contributed by atoms with van der Waals surface area (Å²) in [7, 11) is 0. The number of aromatic nitrogens is 2. The second-order valence-electron chi connectivity index (χ2n) is 4.63. The zero-order valence-electron chi connectivity index (χ0n) is 10.4. The normalized spacial score (nSPS) is 14.3. The van der Waals surface area contributed by atoms with Gasteiger partial charge in [0, 0.05) is 10.4 Å². The van der Waals surface area contributed by atoms with E-state index in [1.807, 2.05) is 0 Å². The molecule has 0 unspecified atom stereocenters. The molecule has 1 aliphatic carbocycles. The Morgan fingerprint density at radius 2 is 2.30 bits per heavy atom. The van der Waals surface area contributed by atoms with Gasteiger partial charge in [0.05, 0.1) is 12.1 Å². The van der Waals surface area contributed by atoms with Crippen LogP contribution in [0.25, 0.3) is 0 Å². The first kappa shape index (κ1) is 13.2. The van der Waals surface area contributed by atoms with Gasteiger partial charge in [-0.2, -0.15) is 4.98 Å². The first-order valence-electron chi connectivity index (χ1n) is 6.19. The summed E-state index contributed by atoms with van der Waals surface area (Å²) in [4.78, 5) is 16.2. The van der Waals surface area contributed by atoms with E-state index in [1.54, 1.807) is 0 Å². The summed E-state index contributed by atoms with van der Waals surface area (Å²) in [5, 5.41) is 6.52. The number of halogens is 2. The fraction of sp³-hybridized carbons (Fsp3) is 0.308. The Balaban J connectivity index is 1.63. The van der Waals surface area contributed by atoms with Gasteiger partial charge in [-0.05, 0) is 47.0 Å². The first-order valence-corrected chi connectivity index (χ1v) is 6.98. The highest BCUT2D eigenvalue weighted by Crippen LogP contribution is 2.38. The van der Waals surface area contributed by atoms with Crippen LogP contribution in [0.15, 0.2) is 27.2 Å². The third kappa shape index (κ3) is 2.87. The van der Waals surface area contributed by atoms with E-state index in [4.69, 9.17) is 4.52 Å². The SMILES string of the molecule is O=C(NCc1nc(C2CC2)no1)c1ccc(F)cc1Br. The van der Waals surface area contributed by atoms with E-state index in [0.29, 0.717) is 27.7 Å². The maximum atomic E-state index is 13.0. The zero-order chi connectivity index (χ0) is 14.1. The third-order valence-corrected chi connectivity index (χ3v) is 3.66. The van der Waals surface area contributed by atoms with Crippen LogP contribution in [0.4, 0.5) is 4.39 Å². The van der Waals surface area contributed by atoms with Crippen LogP contribution >= 0.6 is 15.9 Å². The molecular weight excluding hydrogens is 329 g/mol. The van der Waals surface area contributed by atoms with Gasteiger partial charge >= 0.3 is 0 Å². The average molecular weight is 340 g/mol. The number of carbonyl (C=O) groups is 1. The van der Waals surface area contributed by atoms with E-state index in [0.717, 1.165) is 12.8 Å². The van der Waals surface area contributed by atoms with Crippen molar-refractivity contribution in [3.63, 3.8) is 0 Å². The van der Waals surface area contributed by atoms with Crippen LogP contribution in [0.2, 0.25) is 0 Å². The molecule has 2 aromatic rings. The number of amides is 1. The van der Waals surface area contributed by atoms with Gasteiger partial charge in [0.15, 0.2) is 5.82 Å². The van der Waals surface area contributed by atoms with Crippen LogP contribution < -0.4 is 5.32 Å². The monoisotopic (exact) mass is 339 g/mol. The van der Waals surface area contributed by atoms with E-state index in [1.165, 1.54) is 18.2 Å². The molecule has 0 bridgehead atoms. The molecule has 0 saturated heterocycles. The molecule has 3 rings (SSSR count). The van der Waals surface area contributed by atoms with Crippen LogP contribution in [0.1, 0.15) is 40.8 Å². The van der Waals surface area contributed by atoms with Crippen molar-refractivity contribution in [3.05, 3.63) is 45.8 Å². The number of benzene rings is 1. The minimum absolute atomic E-state index is 0.155. The standard InChI is InChI=1S/C13H11BrFN3O2/c14-10-5-8(15)3-4-9(10)13(19)16-6-11-17-12(18-20-11)7-1-2-7/h3-5,7H,1-2,6H2,(H,16,19). The molecule has 1 fully saturated rings. The highest BCUT2D eigenvalue weighted by Gasteiger charge is 2.28. The molecule has 104 valence electrons. The molecule has 0 aliphatic heterocycles. The van der Waals surface area contributed by atoms with Crippen LogP contribution in [-0.2, 0) is 6.54 Å². The lowest BCUT2D eigenvalue weighted by Gasteiger charge is -2.04. The Labute approximate surface area is 122 Å². The summed E-state index contributed by atoms with van der Waals surface area (Å²) in [6.45, 7) is 0.155. The smallest absolute Gasteiger partial charge is 0.252 e. The Morgan fingerprint density at radius 3 is 3.00 bits per heavy atom. The second kappa shape index (κ2) is 5.32. The average Bonchev–Trinajstić information content (AvgIpc) is 3.15. The molecule has 1 heterocycles. The molecular formula is C13H11BrFN3O2. The lowest BCUT2D eigenvalue weighted by Crippen LogP contribution is -2.23. The maximum absolute atomic E-state index is 13.0. The molecule has 7 heteroatoms. The lowest BCUT2D eigenvalue weighted by molar-refractivity contribution is 0.0945. The number of hydrogen-bond donors (Lipinski definition) is 1. The Hall–Kier alpha value is -1.76. The van der Waals surface area contributed by atoms with E-state index in [2.05, 4.69) is 31.4 Å². The topological polar surface area (TPSA) is 68.0 Å². The third-order valence-electron chi connectivity index (χ3n) is 3.00. The van der Waals surface area contributed by atoms with Crippen LogP contribution in [0, 0.1) is 5.82 Å². The number of rotatable bonds is 4. The van der Waals surface area contributed by atoms with Gasteiger partial charge in [-0.3, -0.25) is 4.79 Å². The van der Waals surface area contributed by atoms with Crippen molar-refractivity contribution < 1.29 is 13.7 Å². The number of hydrogen-bond acceptors (Lipinski definition) is 4. The Morgan fingerprint density at radius 1 is 1.50 bits per heavy atom. The summed E-state index contributed by atoms with van der Waals surface area (Å²) in [6.07, 6.45) is 2.18. The molecule has 0 radical (unpaired) electrons. The van der Waals surface area contributed by atoms with Gasteiger partial charge in [0.1, 0.15) is 5.82 Å². The maximum Gasteiger partial charge on any atom is 0.252 e. The van der Waals surface area contributed by atoms with Crippen molar-refractivity contribution in [2.75, 3.05) is 0 Å². The number of nitrogens with zero attached hydrogens (tertiary/aromatic N) is 2. The first-order chi connectivity index (χ1) is 9.63. The van der Waals surface area contributed by atoms with Crippen molar-refractivity contribution in [1.29, 1.82) is 0 Å². The molecule has 1 aliphatic rings. The van der Waals surface area contributed by atoms with Gasteiger partial charge in [0.25, 0.3) is 5.91 Å². The van der Waals surface area contributed by atoms with E-state index >= 15 is 0 Å². The molecule has 5 nitrogen and oxygen atoms in total. The van der Waals surface area contributed by atoms with Crippen molar-refractivity contribution in [1.82, 2.24) is 15.5 Å². The van der Waals surface area contributed by atoms with Crippen molar-refractivity contribution in [2.45, 2.75) is 25.3 Å². The van der Waals surface area contributed by atoms with Gasteiger partial charge in [0.2, 0.25) is 5.89 Å². The lowest BCUT2D eigenvalue weighted by atomic mass is 10.2. The second-order valence-corrected chi connectivity index (χ2v) is 5.48. The summed E-state index contributed by atoms with van der Waals surface area (Å²) in [5.74, 6) is 0.757. The fourth-order valence-electron chi connectivity index (χ4n) is 1.77. The van der Waals surface area contributed by atoms with E-state index in [9.17, 15) is 9.18 Å². The van der Waals surface area contributed by atoms with E-state index in [-0.39, 0.29) is 12.5 Å². The van der Waals surface area contributed by atoms with Crippen LogP contribution in [0.3, 0.4) is 0 Å². The zero-order valence-corrected chi connectivity index (χ0v) is 12.0. The van der Waals surface area contributed by atoms with Gasteiger partial charge < -0.3 is 9.84 Å². The predicted octanol–water partition coefficient (Wildman–Crippen LogP) is 2.78. The summed E-state index contributed by atoms with van der Waals surface area (Å²) in [6, 6.07) is 3.89. The molecule has 20 heavy (non-hydrogen) atoms. The Kier molecular flexibility index (Phi) is 3.52. The van der Waals surface area contributed by atoms with E-state index < -0.39 is 5.82 Å². The molecule has 1 aromatic carbocycles. The molecule has 1 aromatic heterocycles. The molecule has 1 amide bonds. The molecule has 1 N–H and O–H groups in total. The minimum Gasteiger partial charge on any atom is -0.343 e. The number of carbonyl (C=O) groups excluding carboxylic acids is 1. The van der Waals surface area contributed by atoms with Crippen LogP contribution in [-0.4, -0.2) is 16.0 Å². The largest absolute Gasteiger partial charge is 0.343 e. The number of nitrogens with one attached hydrogen (secondary N) is 1. The van der Waals surface area contributed by atoms with Gasteiger partial charge in [-0.15, -0.1) is 0 Å². The van der Waals surface area contributed by atoms with Crippen molar-refractivity contribution in [3.8, 4) is 0 Å². The minimum atomic E-state index is -0.403. The van der Waals surface area contributed by atoms with Crippen molar-refractivity contribution >= 4 is 21.8 Å². The fourth-order valence-corrected chi connectivity index (χ4v) is 2.30. The van der Waals surface area contributed by atoms with Crippen LogP contribution in [0.5, 0.6) is 0 Å². The summed E-state index contributed by atoms with van der Waals surface area (Å²) in [5.41, 5.74) is 0.355. The Bertz CT molecular complexity index is 655. The predicted molar refractivity (Wildman–Crippen MR) is 71.5 cm³/mol. The summed E-state index contributed by atoms with van der Waals surface area (Å²) < 4.78 is 18.4. The van der Waals surface area contributed by atoms with Crippen molar-refractivity contribution in [2.24, 2.45) is 0 Å². The highest BCUT2D eigenvalue weighted by atomic mass is 79.9. The molecule has 0 spiro atoms.